The van der Waals surface area contributed by atoms with Crippen molar-refractivity contribution >= 4 is 43.6 Å². The van der Waals surface area contributed by atoms with Gasteiger partial charge >= 0.3 is 0 Å². The van der Waals surface area contributed by atoms with Crippen molar-refractivity contribution in [2.24, 2.45) is 10.2 Å². The second-order valence-electron chi connectivity index (χ2n) is 6.33. The third kappa shape index (κ3) is 3.90. The van der Waals surface area contributed by atoms with E-state index in [4.69, 9.17) is 9.56 Å². The van der Waals surface area contributed by atoms with Crippen LogP contribution in [0.15, 0.2) is 57.1 Å². The average Bonchev–Trinajstić information content (AvgIpc) is 3.27. The van der Waals surface area contributed by atoms with Crippen molar-refractivity contribution in [3.63, 3.8) is 0 Å². The summed E-state index contributed by atoms with van der Waals surface area (Å²) in [6.07, 6.45) is 3.05. The second-order valence-corrected chi connectivity index (χ2v) is 9.09. The lowest BCUT2D eigenvalue weighted by Crippen LogP contribution is -2.11. The number of hydrogen-bond acceptors (Lipinski definition) is 8. The molecule has 0 saturated carbocycles. The highest BCUT2D eigenvalue weighted by molar-refractivity contribution is 7.89. The van der Waals surface area contributed by atoms with Gasteiger partial charge in [-0.1, -0.05) is 0 Å². The molecule has 0 spiro atoms. The molecule has 0 unspecified atom stereocenters. The van der Waals surface area contributed by atoms with E-state index in [-0.39, 0.29) is 4.90 Å². The lowest BCUT2D eigenvalue weighted by Gasteiger charge is -2.01. The summed E-state index contributed by atoms with van der Waals surface area (Å²) in [5.41, 5.74) is 4.81. The Morgan fingerprint density at radius 1 is 1.14 bits per heavy atom. The predicted molar refractivity (Wildman–Crippen MR) is 114 cm³/mol. The van der Waals surface area contributed by atoms with E-state index in [0.717, 1.165) is 21.3 Å². The van der Waals surface area contributed by atoms with E-state index in [1.165, 1.54) is 23.3 Å². The molecule has 10 heteroatoms. The molecular weight excluding hydrogens is 410 g/mol. The molecule has 0 aliphatic rings. The van der Waals surface area contributed by atoms with Crippen molar-refractivity contribution in [2.45, 2.75) is 18.7 Å². The molecule has 4 rings (SSSR count). The van der Waals surface area contributed by atoms with Gasteiger partial charge < -0.3 is 4.42 Å². The first kappa shape index (κ1) is 19.2. The molecule has 0 aliphatic carbocycles. The maximum absolute atomic E-state index is 11.3. The number of furan rings is 1. The van der Waals surface area contributed by atoms with Crippen molar-refractivity contribution in [3.8, 4) is 11.3 Å². The molecule has 8 nitrogen and oxygen atoms in total. The van der Waals surface area contributed by atoms with Gasteiger partial charge in [0.25, 0.3) is 0 Å². The maximum Gasteiger partial charge on any atom is 0.238 e. The highest BCUT2D eigenvalue weighted by atomic mass is 32.2. The monoisotopic (exact) mass is 427 g/mol. The number of rotatable bonds is 5. The highest BCUT2D eigenvalue weighted by Crippen LogP contribution is 2.32. The zero-order valence-corrected chi connectivity index (χ0v) is 17.2. The van der Waals surface area contributed by atoms with E-state index < -0.39 is 10.0 Å². The standard InChI is InChI=1S/C19H17N5O3S2/c1-11-12(2)28-19-17(11)18(21-10-22-19)24-23-9-14-5-8-16(27-14)13-3-6-15(7-4-13)29(20,25)26/h3-10H,1-2H3,(H2,20,25,26)(H,21,22,24). The van der Waals surface area contributed by atoms with Crippen LogP contribution in [0.4, 0.5) is 5.82 Å². The molecule has 3 aromatic heterocycles. The third-order valence-electron chi connectivity index (χ3n) is 4.42. The number of aryl methyl sites for hydroxylation is 2. The number of hydrazone groups is 1. The number of hydrogen-bond donors (Lipinski definition) is 2. The molecular formula is C19H17N5O3S2. The van der Waals surface area contributed by atoms with Crippen molar-refractivity contribution in [1.29, 1.82) is 0 Å². The number of nitrogens with two attached hydrogens (primary N) is 1. The van der Waals surface area contributed by atoms with Crippen molar-refractivity contribution < 1.29 is 12.8 Å². The smallest absolute Gasteiger partial charge is 0.238 e. The van der Waals surface area contributed by atoms with E-state index in [1.54, 1.807) is 41.8 Å². The van der Waals surface area contributed by atoms with Crippen LogP contribution in [0.25, 0.3) is 21.5 Å². The Kier molecular flexibility index (Phi) is 4.91. The topological polar surface area (TPSA) is 123 Å². The molecule has 4 aromatic rings. The molecule has 29 heavy (non-hydrogen) atoms. The third-order valence-corrected chi connectivity index (χ3v) is 6.47. The number of fused-ring (bicyclic) bond motifs is 1. The van der Waals surface area contributed by atoms with Crippen LogP contribution in [0, 0.1) is 13.8 Å². The fourth-order valence-electron chi connectivity index (χ4n) is 2.81. The van der Waals surface area contributed by atoms with Crippen LogP contribution in [0.5, 0.6) is 0 Å². The number of nitrogens with one attached hydrogen (secondary N) is 1. The van der Waals surface area contributed by atoms with Crippen molar-refractivity contribution in [2.75, 3.05) is 5.43 Å². The Balaban J connectivity index is 1.52. The van der Waals surface area contributed by atoms with Gasteiger partial charge in [-0.25, -0.2) is 23.5 Å². The molecule has 0 aliphatic heterocycles. The number of thiophene rings is 1. The Hall–Kier alpha value is -3.08. The Morgan fingerprint density at radius 3 is 2.62 bits per heavy atom. The summed E-state index contributed by atoms with van der Waals surface area (Å²) >= 11 is 1.62. The van der Waals surface area contributed by atoms with Gasteiger partial charge in [-0.2, -0.15) is 5.10 Å². The molecule has 3 N–H and O–H groups in total. The van der Waals surface area contributed by atoms with Crippen molar-refractivity contribution in [1.82, 2.24) is 9.97 Å². The van der Waals surface area contributed by atoms with Crippen LogP contribution in [0.3, 0.4) is 0 Å². The molecule has 1 aromatic carbocycles. The molecule has 0 saturated heterocycles. The molecule has 0 radical (unpaired) electrons. The number of aromatic nitrogens is 2. The van der Waals surface area contributed by atoms with Gasteiger partial charge in [-0.3, -0.25) is 5.43 Å². The van der Waals surface area contributed by atoms with Crippen LogP contribution in [0.2, 0.25) is 0 Å². The lowest BCUT2D eigenvalue weighted by atomic mass is 10.2. The fraction of sp³-hybridized carbons (Fsp3) is 0.105. The quantitative estimate of drug-likeness (QED) is 0.370. The van der Waals surface area contributed by atoms with Gasteiger partial charge in [0.2, 0.25) is 10.0 Å². The zero-order valence-electron chi connectivity index (χ0n) is 15.6. The van der Waals surface area contributed by atoms with E-state index in [9.17, 15) is 8.42 Å². The molecule has 148 valence electrons. The summed E-state index contributed by atoms with van der Waals surface area (Å²) in [5.74, 6) is 1.76. The molecule has 0 bridgehead atoms. The van der Waals surface area contributed by atoms with E-state index in [1.807, 2.05) is 6.92 Å². The van der Waals surface area contributed by atoms with Gasteiger partial charge in [-0.05, 0) is 55.8 Å². The summed E-state index contributed by atoms with van der Waals surface area (Å²) < 4.78 is 28.4. The fourth-order valence-corrected chi connectivity index (χ4v) is 4.32. The normalized spacial score (nSPS) is 12.1. The Bertz CT molecular complexity index is 1320. The number of sulfonamides is 1. The minimum Gasteiger partial charge on any atom is -0.455 e. The van der Waals surface area contributed by atoms with Gasteiger partial charge in [0.05, 0.1) is 16.5 Å². The maximum atomic E-state index is 11.3. The predicted octanol–water partition coefficient (Wildman–Crippen LogP) is 3.66. The SMILES string of the molecule is Cc1sc2ncnc(NN=Cc3ccc(-c4ccc(S(N)(=O)=O)cc4)o3)c2c1C. The number of nitrogens with zero attached hydrogens (tertiary/aromatic N) is 3. The number of benzene rings is 1. The van der Waals surface area contributed by atoms with E-state index in [0.29, 0.717) is 17.3 Å². The first-order valence-electron chi connectivity index (χ1n) is 8.56. The minimum atomic E-state index is -3.72. The van der Waals surface area contributed by atoms with Gasteiger partial charge in [0.1, 0.15) is 22.7 Å². The first-order chi connectivity index (χ1) is 13.8. The highest BCUT2D eigenvalue weighted by Gasteiger charge is 2.12. The van der Waals surface area contributed by atoms with Crippen LogP contribution in [-0.2, 0) is 10.0 Å². The molecule has 3 heterocycles. The minimum absolute atomic E-state index is 0.0499. The van der Waals surface area contributed by atoms with Crippen LogP contribution in [-0.4, -0.2) is 24.6 Å². The molecule has 0 fully saturated rings. The number of anilines is 1. The van der Waals surface area contributed by atoms with Crippen LogP contribution >= 0.6 is 11.3 Å². The van der Waals surface area contributed by atoms with Gasteiger partial charge in [0.15, 0.2) is 5.82 Å². The second kappa shape index (κ2) is 7.39. The largest absolute Gasteiger partial charge is 0.455 e. The zero-order chi connectivity index (χ0) is 20.6. The van der Waals surface area contributed by atoms with E-state index >= 15 is 0 Å². The van der Waals surface area contributed by atoms with Crippen molar-refractivity contribution in [3.05, 3.63) is 58.9 Å². The molecule has 0 atom stereocenters. The summed E-state index contributed by atoms with van der Waals surface area (Å²) in [7, 11) is -3.72. The lowest BCUT2D eigenvalue weighted by molar-refractivity contribution is 0.575. The first-order valence-corrected chi connectivity index (χ1v) is 10.9. The van der Waals surface area contributed by atoms with Crippen LogP contribution in [0.1, 0.15) is 16.2 Å². The average molecular weight is 428 g/mol. The summed E-state index contributed by atoms with van der Waals surface area (Å²) in [6, 6.07) is 9.70. The molecule has 0 amide bonds. The number of primary sulfonamides is 1. The summed E-state index contributed by atoms with van der Waals surface area (Å²) in [5, 5.41) is 10.3. The van der Waals surface area contributed by atoms with Gasteiger partial charge in [0, 0.05) is 10.4 Å². The Labute approximate surface area is 171 Å². The van der Waals surface area contributed by atoms with Gasteiger partial charge in [-0.15, -0.1) is 11.3 Å². The van der Waals surface area contributed by atoms with Crippen LogP contribution < -0.4 is 10.6 Å². The summed E-state index contributed by atoms with van der Waals surface area (Å²) in [6.45, 7) is 4.08. The van der Waals surface area contributed by atoms with E-state index in [2.05, 4.69) is 27.4 Å². The Morgan fingerprint density at radius 2 is 1.90 bits per heavy atom. The summed E-state index contributed by atoms with van der Waals surface area (Å²) in [4.78, 5) is 10.7.